The summed E-state index contributed by atoms with van der Waals surface area (Å²) >= 11 is 0. The van der Waals surface area contributed by atoms with Crippen molar-refractivity contribution in [3.8, 4) is 0 Å². The number of aromatic nitrogens is 1. The molecule has 1 aromatic rings. The number of carbonyl (C=O) groups excluding carboxylic acids is 1. The van der Waals surface area contributed by atoms with Crippen LogP contribution >= 0.6 is 0 Å². The standard InChI is InChI=1S/C11H15N3O3S/c1-18(16,17)14-8-6-13(7-9-14)11(15)10-4-2-3-5-12-10/h2-5H,6-9H2,1H3. The van der Waals surface area contributed by atoms with E-state index in [4.69, 9.17) is 0 Å². The summed E-state index contributed by atoms with van der Waals surface area (Å²) in [6.45, 7) is 1.50. The minimum Gasteiger partial charge on any atom is -0.335 e. The minimum absolute atomic E-state index is 0.149. The average molecular weight is 269 g/mol. The largest absolute Gasteiger partial charge is 0.335 e. The summed E-state index contributed by atoms with van der Waals surface area (Å²) in [6, 6.07) is 5.16. The molecule has 6 nitrogen and oxygen atoms in total. The van der Waals surface area contributed by atoms with E-state index in [1.54, 1.807) is 29.3 Å². The van der Waals surface area contributed by atoms with E-state index in [2.05, 4.69) is 4.98 Å². The van der Waals surface area contributed by atoms with Crippen molar-refractivity contribution < 1.29 is 13.2 Å². The predicted octanol–water partition coefficient (Wildman–Crippen LogP) is -0.201. The molecule has 2 rings (SSSR count). The maximum absolute atomic E-state index is 12.1. The molecule has 1 aromatic heterocycles. The number of piperazine rings is 1. The maximum atomic E-state index is 12.1. The fourth-order valence-corrected chi connectivity index (χ4v) is 2.70. The van der Waals surface area contributed by atoms with Gasteiger partial charge in [-0.15, -0.1) is 0 Å². The molecular formula is C11H15N3O3S. The van der Waals surface area contributed by atoms with Gasteiger partial charge in [0.25, 0.3) is 5.91 Å². The van der Waals surface area contributed by atoms with Crippen LogP contribution in [0.4, 0.5) is 0 Å². The Balaban J connectivity index is 2.01. The summed E-state index contributed by atoms with van der Waals surface area (Å²) in [7, 11) is -3.16. The number of nitrogens with zero attached hydrogens (tertiary/aromatic N) is 3. The number of pyridine rings is 1. The van der Waals surface area contributed by atoms with Crippen LogP contribution in [0, 0.1) is 0 Å². The molecule has 0 radical (unpaired) electrons. The van der Waals surface area contributed by atoms with Gasteiger partial charge in [-0.2, -0.15) is 4.31 Å². The molecule has 0 aromatic carbocycles. The number of amides is 1. The van der Waals surface area contributed by atoms with E-state index in [-0.39, 0.29) is 5.91 Å². The van der Waals surface area contributed by atoms with Crippen molar-refractivity contribution >= 4 is 15.9 Å². The molecule has 1 amide bonds. The molecule has 0 bridgehead atoms. The van der Waals surface area contributed by atoms with Gasteiger partial charge < -0.3 is 4.90 Å². The van der Waals surface area contributed by atoms with Gasteiger partial charge in [0.1, 0.15) is 5.69 Å². The monoisotopic (exact) mass is 269 g/mol. The Hall–Kier alpha value is -1.47. The zero-order valence-corrected chi connectivity index (χ0v) is 10.9. The molecule has 0 spiro atoms. The van der Waals surface area contributed by atoms with Crippen LogP contribution in [0.15, 0.2) is 24.4 Å². The van der Waals surface area contributed by atoms with E-state index in [0.29, 0.717) is 31.9 Å². The normalized spacial score (nSPS) is 17.7. The van der Waals surface area contributed by atoms with Gasteiger partial charge in [-0.05, 0) is 12.1 Å². The SMILES string of the molecule is CS(=O)(=O)N1CCN(C(=O)c2ccccn2)CC1. The highest BCUT2D eigenvalue weighted by molar-refractivity contribution is 7.88. The zero-order valence-electron chi connectivity index (χ0n) is 10.1. The predicted molar refractivity (Wildman–Crippen MR) is 66.6 cm³/mol. The summed E-state index contributed by atoms with van der Waals surface area (Å²) in [6.07, 6.45) is 2.75. The first-order chi connectivity index (χ1) is 8.48. The van der Waals surface area contributed by atoms with Crippen LogP contribution in [0.25, 0.3) is 0 Å². The van der Waals surface area contributed by atoms with Crippen LogP contribution in [-0.4, -0.2) is 60.9 Å². The van der Waals surface area contributed by atoms with E-state index in [9.17, 15) is 13.2 Å². The van der Waals surface area contributed by atoms with Crippen molar-refractivity contribution in [2.75, 3.05) is 32.4 Å². The van der Waals surface area contributed by atoms with Crippen LogP contribution in [-0.2, 0) is 10.0 Å². The minimum atomic E-state index is -3.16. The Morgan fingerprint density at radius 2 is 1.89 bits per heavy atom. The summed E-state index contributed by atoms with van der Waals surface area (Å²) in [5.41, 5.74) is 0.394. The van der Waals surface area contributed by atoms with Crippen LogP contribution in [0.3, 0.4) is 0 Å². The van der Waals surface area contributed by atoms with E-state index >= 15 is 0 Å². The molecular weight excluding hydrogens is 254 g/mol. The van der Waals surface area contributed by atoms with Gasteiger partial charge in [0.05, 0.1) is 6.26 Å². The molecule has 98 valence electrons. The fourth-order valence-electron chi connectivity index (χ4n) is 1.87. The Bertz CT molecular complexity index is 522. The van der Waals surface area contributed by atoms with Gasteiger partial charge in [-0.25, -0.2) is 8.42 Å². The van der Waals surface area contributed by atoms with Crippen molar-refractivity contribution in [3.63, 3.8) is 0 Å². The molecule has 0 N–H and O–H groups in total. The molecule has 1 aliphatic rings. The molecule has 0 atom stereocenters. The van der Waals surface area contributed by atoms with Gasteiger partial charge in [-0.1, -0.05) is 6.07 Å². The van der Waals surface area contributed by atoms with Gasteiger partial charge in [0.15, 0.2) is 0 Å². The summed E-state index contributed by atoms with van der Waals surface area (Å²) in [5, 5.41) is 0. The van der Waals surface area contributed by atoms with Gasteiger partial charge >= 0.3 is 0 Å². The molecule has 0 saturated carbocycles. The second-order valence-corrected chi connectivity index (χ2v) is 6.15. The van der Waals surface area contributed by atoms with E-state index in [0.717, 1.165) is 0 Å². The summed E-state index contributed by atoms with van der Waals surface area (Å²) in [5.74, 6) is -0.149. The van der Waals surface area contributed by atoms with Crippen molar-refractivity contribution in [1.29, 1.82) is 0 Å². The van der Waals surface area contributed by atoms with Crippen molar-refractivity contribution in [2.45, 2.75) is 0 Å². The lowest BCUT2D eigenvalue weighted by Crippen LogP contribution is -2.50. The number of sulfonamides is 1. The number of carbonyl (C=O) groups is 1. The Kier molecular flexibility index (Phi) is 3.63. The molecule has 7 heteroatoms. The molecule has 0 unspecified atom stereocenters. The first kappa shape index (κ1) is 13.0. The number of hydrogen-bond donors (Lipinski definition) is 0. The highest BCUT2D eigenvalue weighted by atomic mass is 32.2. The second kappa shape index (κ2) is 5.03. The highest BCUT2D eigenvalue weighted by Gasteiger charge is 2.26. The Morgan fingerprint density at radius 3 is 2.39 bits per heavy atom. The van der Waals surface area contributed by atoms with E-state index in [1.807, 2.05) is 0 Å². The quantitative estimate of drug-likeness (QED) is 0.745. The molecule has 1 saturated heterocycles. The molecule has 1 fully saturated rings. The molecule has 1 aliphatic heterocycles. The van der Waals surface area contributed by atoms with E-state index in [1.165, 1.54) is 10.6 Å². The highest BCUT2D eigenvalue weighted by Crippen LogP contribution is 2.09. The van der Waals surface area contributed by atoms with Crippen molar-refractivity contribution in [2.24, 2.45) is 0 Å². The Labute approximate surface area is 106 Å². The lowest BCUT2D eigenvalue weighted by molar-refractivity contribution is 0.0692. The van der Waals surface area contributed by atoms with Crippen LogP contribution < -0.4 is 0 Å². The fraction of sp³-hybridized carbons (Fsp3) is 0.455. The lowest BCUT2D eigenvalue weighted by atomic mass is 10.3. The third kappa shape index (κ3) is 2.85. The third-order valence-corrected chi connectivity index (χ3v) is 4.18. The van der Waals surface area contributed by atoms with Crippen LogP contribution in [0.5, 0.6) is 0 Å². The van der Waals surface area contributed by atoms with E-state index < -0.39 is 10.0 Å². The lowest BCUT2D eigenvalue weighted by Gasteiger charge is -2.33. The third-order valence-electron chi connectivity index (χ3n) is 2.88. The number of hydrogen-bond acceptors (Lipinski definition) is 4. The number of rotatable bonds is 2. The van der Waals surface area contributed by atoms with Crippen LogP contribution in [0.2, 0.25) is 0 Å². The maximum Gasteiger partial charge on any atom is 0.272 e. The zero-order chi connectivity index (χ0) is 13.2. The average Bonchev–Trinajstić information content (AvgIpc) is 2.38. The summed E-state index contributed by atoms with van der Waals surface area (Å²) < 4.78 is 24.1. The van der Waals surface area contributed by atoms with Gasteiger partial charge in [0.2, 0.25) is 10.0 Å². The van der Waals surface area contributed by atoms with Gasteiger partial charge in [-0.3, -0.25) is 9.78 Å². The molecule has 0 aliphatic carbocycles. The smallest absolute Gasteiger partial charge is 0.272 e. The van der Waals surface area contributed by atoms with Crippen molar-refractivity contribution in [1.82, 2.24) is 14.2 Å². The summed E-state index contributed by atoms with van der Waals surface area (Å²) in [4.78, 5) is 17.7. The topological polar surface area (TPSA) is 70.6 Å². The first-order valence-electron chi connectivity index (χ1n) is 5.64. The Morgan fingerprint density at radius 1 is 1.22 bits per heavy atom. The first-order valence-corrected chi connectivity index (χ1v) is 7.49. The van der Waals surface area contributed by atoms with Crippen LogP contribution in [0.1, 0.15) is 10.5 Å². The van der Waals surface area contributed by atoms with Crippen molar-refractivity contribution in [3.05, 3.63) is 30.1 Å². The second-order valence-electron chi connectivity index (χ2n) is 4.17. The molecule has 2 heterocycles. The van der Waals surface area contributed by atoms with Gasteiger partial charge in [0, 0.05) is 32.4 Å². The molecule has 18 heavy (non-hydrogen) atoms.